The van der Waals surface area contributed by atoms with Gasteiger partial charge >= 0.3 is 12.1 Å². The molecule has 1 aliphatic heterocycles. The Morgan fingerprint density at radius 2 is 2.00 bits per heavy atom. The van der Waals surface area contributed by atoms with E-state index in [0.29, 0.717) is 0 Å². The maximum atomic E-state index is 10.6. The summed E-state index contributed by atoms with van der Waals surface area (Å²) in [6, 6.07) is 8.58. The number of H-pyrrole nitrogens is 1. The lowest BCUT2D eigenvalue weighted by atomic mass is 9.92. The zero-order valence-corrected chi connectivity index (χ0v) is 14.6. The summed E-state index contributed by atoms with van der Waals surface area (Å²) in [5, 5.41) is 7.12. The molecule has 2 N–H and O–H groups in total. The van der Waals surface area contributed by atoms with Crippen molar-refractivity contribution in [3.05, 3.63) is 46.1 Å². The standard InChI is InChI=1S/C15H14BrNO.C2HF3O2/c16-11-6-10-8-15(3-4-15)18-9-13(10)12(7-11)14-2-1-5-17-14;3-2(4,5)1(6)7/h1-2,5-7,17H,3-4,8-9H2;(H,6,7). The van der Waals surface area contributed by atoms with Gasteiger partial charge in [0.1, 0.15) is 0 Å². The van der Waals surface area contributed by atoms with Gasteiger partial charge in [0.25, 0.3) is 0 Å². The van der Waals surface area contributed by atoms with E-state index in [0.717, 1.165) is 17.5 Å². The number of ether oxygens (including phenoxy) is 1. The molecule has 25 heavy (non-hydrogen) atoms. The lowest BCUT2D eigenvalue weighted by Crippen LogP contribution is -2.24. The average Bonchev–Trinajstić information content (AvgIpc) is 3.06. The first-order chi connectivity index (χ1) is 11.7. The Morgan fingerprint density at radius 1 is 1.32 bits per heavy atom. The molecule has 1 aliphatic carbocycles. The molecule has 1 aromatic heterocycles. The van der Waals surface area contributed by atoms with Crippen molar-refractivity contribution in [3.63, 3.8) is 0 Å². The summed E-state index contributed by atoms with van der Waals surface area (Å²) in [5.74, 6) is -2.76. The second kappa shape index (κ2) is 6.49. The van der Waals surface area contributed by atoms with Gasteiger partial charge in [0, 0.05) is 28.3 Å². The number of hydrogen-bond donors (Lipinski definition) is 2. The van der Waals surface area contributed by atoms with Gasteiger partial charge in [0.2, 0.25) is 0 Å². The van der Waals surface area contributed by atoms with Gasteiger partial charge in [0.05, 0.1) is 12.2 Å². The van der Waals surface area contributed by atoms with Crippen LogP contribution in [0.3, 0.4) is 0 Å². The highest BCUT2D eigenvalue weighted by molar-refractivity contribution is 9.10. The first-order valence-corrected chi connectivity index (χ1v) is 8.39. The Morgan fingerprint density at radius 3 is 2.52 bits per heavy atom. The molecule has 0 bridgehead atoms. The maximum Gasteiger partial charge on any atom is 0.490 e. The second-order valence-electron chi connectivity index (χ2n) is 6.13. The number of nitrogens with one attached hydrogen (secondary N) is 1. The summed E-state index contributed by atoms with van der Waals surface area (Å²) in [7, 11) is 0. The first-order valence-electron chi connectivity index (χ1n) is 7.59. The lowest BCUT2D eigenvalue weighted by molar-refractivity contribution is -0.192. The van der Waals surface area contributed by atoms with Gasteiger partial charge in [-0.05, 0) is 48.2 Å². The molecule has 0 amide bonds. The van der Waals surface area contributed by atoms with Gasteiger partial charge in [-0.1, -0.05) is 15.9 Å². The highest BCUT2D eigenvalue weighted by Crippen LogP contribution is 2.48. The topological polar surface area (TPSA) is 62.3 Å². The molecular formula is C17H15BrF3NO3. The fourth-order valence-electron chi connectivity index (χ4n) is 2.84. The van der Waals surface area contributed by atoms with Crippen molar-refractivity contribution in [1.82, 2.24) is 4.98 Å². The number of aromatic amines is 1. The van der Waals surface area contributed by atoms with Crippen LogP contribution in [0.5, 0.6) is 0 Å². The molecule has 0 saturated heterocycles. The molecule has 8 heteroatoms. The molecule has 0 atom stereocenters. The second-order valence-corrected chi connectivity index (χ2v) is 7.04. The lowest BCUT2D eigenvalue weighted by Gasteiger charge is -2.27. The molecule has 0 radical (unpaired) electrons. The molecular weight excluding hydrogens is 403 g/mol. The molecule has 4 nitrogen and oxygen atoms in total. The van der Waals surface area contributed by atoms with Crippen LogP contribution in [0.15, 0.2) is 34.9 Å². The van der Waals surface area contributed by atoms with Crippen LogP contribution in [0.25, 0.3) is 11.3 Å². The van der Waals surface area contributed by atoms with Crippen molar-refractivity contribution < 1.29 is 27.8 Å². The summed E-state index contributed by atoms with van der Waals surface area (Å²) in [5.41, 5.74) is 5.40. The Balaban J connectivity index is 0.000000225. The summed E-state index contributed by atoms with van der Waals surface area (Å²) in [4.78, 5) is 12.2. The number of benzene rings is 1. The van der Waals surface area contributed by atoms with E-state index >= 15 is 0 Å². The van der Waals surface area contributed by atoms with Crippen molar-refractivity contribution in [2.45, 2.75) is 37.6 Å². The third-order valence-electron chi connectivity index (χ3n) is 4.28. The zero-order chi connectivity index (χ0) is 18.2. The number of fused-ring (bicyclic) bond motifs is 1. The molecule has 1 spiro atoms. The van der Waals surface area contributed by atoms with Crippen LogP contribution in [-0.2, 0) is 22.6 Å². The first kappa shape index (κ1) is 18.0. The Kier molecular flexibility index (Phi) is 4.68. The molecule has 1 fully saturated rings. The Bertz CT molecular complexity index is 783. The van der Waals surface area contributed by atoms with E-state index in [-0.39, 0.29) is 5.60 Å². The van der Waals surface area contributed by atoms with Crippen LogP contribution >= 0.6 is 15.9 Å². The smallest absolute Gasteiger partial charge is 0.475 e. The minimum absolute atomic E-state index is 0.181. The van der Waals surface area contributed by atoms with Crippen LogP contribution in [-0.4, -0.2) is 27.8 Å². The number of alkyl halides is 3. The maximum absolute atomic E-state index is 10.6. The van der Waals surface area contributed by atoms with E-state index in [1.807, 2.05) is 12.3 Å². The third kappa shape index (κ3) is 4.07. The van der Waals surface area contributed by atoms with E-state index in [9.17, 15) is 13.2 Å². The molecule has 2 heterocycles. The quantitative estimate of drug-likeness (QED) is 0.707. The third-order valence-corrected chi connectivity index (χ3v) is 4.74. The average molecular weight is 418 g/mol. The van der Waals surface area contributed by atoms with E-state index in [1.165, 1.54) is 35.2 Å². The van der Waals surface area contributed by atoms with Crippen LogP contribution < -0.4 is 0 Å². The Hall–Kier alpha value is -1.80. The minimum atomic E-state index is -5.08. The zero-order valence-electron chi connectivity index (χ0n) is 13.0. The fourth-order valence-corrected chi connectivity index (χ4v) is 3.35. The molecule has 1 saturated carbocycles. The highest BCUT2D eigenvalue weighted by Gasteiger charge is 2.46. The molecule has 4 rings (SSSR count). The number of aliphatic carboxylic acids is 1. The van der Waals surface area contributed by atoms with E-state index in [2.05, 4.69) is 39.1 Å². The monoisotopic (exact) mass is 417 g/mol. The number of carboxylic acids is 1. The van der Waals surface area contributed by atoms with Crippen LogP contribution in [0.2, 0.25) is 0 Å². The van der Waals surface area contributed by atoms with Crippen molar-refractivity contribution in [2.75, 3.05) is 0 Å². The molecule has 134 valence electrons. The van der Waals surface area contributed by atoms with Crippen LogP contribution in [0.1, 0.15) is 24.0 Å². The Labute approximate surface area is 150 Å². The predicted octanol–water partition coefficient (Wildman–Crippen LogP) is 4.68. The van der Waals surface area contributed by atoms with Crippen molar-refractivity contribution in [1.29, 1.82) is 0 Å². The summed E-state index contributed by atoms with van der Waals surface area (Å²) in [6.45, 7) is 0.747. The highest BCUT2D eigenvalue weighted by atomic mass is 79.9. The van der Waals surface area contributed by atoms with Gasteiger partial charge in [-0.25, -0.2) is 4.79 Å². The fraction of sp³-hybridized carbons (Fsp3) is 0.353. The van der Waals surface area contributed by atoms with Crippen molar-refractivity contribution >= 4 is 21.9 Å². The van der Waals surface area contributed by atoms with Gasteiger partial charge in [-0.3, -0.25) is 0 Å². The number of halogens is 4. The molecule has 0 unspecified atom stereocenters. The number of carboxylic acid groups (broad SMARTS) is 1. The largest absolute Gasteiger partial charge is 0.490 e. The minimum Gasteiger partial charge on any atom is -0.475 e. The van der Waals surface area contributed by atoms with Crippen molar-refractivity contribution in [3.8, 4) is 11.3 Å². The predicted molar refractivity (Wildman–Crippen MR) is 88.1 cm³/mol. The molecule has 2 aliphatic rings. The van der Waals surface area contributed by atoms with E-state index in [4.69, 9.17) is 14.6 Å². The van der Waals surface area contributed by atoms with Crippen molar-refractivity contribution in [2.24, 2.45) is 0 Å². The number of carbonyl (C=O) groups is 1. The van der Waals surface area contributed by atoms with Crippen LogP contribution in [0, 0.1) is 0 Å². The van der Waals surface area contributed by atoms with E-state index in [1.54, 1.807) is 0 Å². The van der Waals surface area contributed by atoms with Gasteiger partial charge in [-0.15, -0.1) is 0 Å². The summed E-state index contributed by atoms with van der Waals surface area (Å²) >= 11 is 3.63. The van der Waals surface area contributed by atoms with Gasteiger partial charge < -0.3 is 14.8 Å². The van der Waals surface area contributed by atoms with Gasteiger partial charge in [-0.2, -0.15) is 13.2 Å². The SMILES string of the molecule is Brc1cc2c(c(-c3ccc[nH]3)c1)COC1(CC1)C2.O=C(O)C(F)(F)F. The normalized spacial score (nSPS) is 17.4. The number of rotatable bonds is 1. The van der Waals surface area contributed by atoms with Crippen LogP contribution in [0.4, 0.5) is 13.2 Å². The summed E-state index contributed by atoms with van der Waals surface area (Å²) in [6.07, 6.45) is 0.387. The van der Waals surface area contributed by atoms with E-state index < -0.39 is 12.1 Å². The van der Waals surface area contributed by atoms with Gasteiger partial charge in [0.15, 0.2) is 0 Å². The molecule has 1 aromatic carbocycles. The summed E-state index contributed by atoms with van der Waals surface area (Å²) < 4.78 is 38.9. The number of hydrogen-bond acceptors (Lipinski definition) is 2. The number of aromatic nitrogens is 1. The molecule has 2 aromatic rings.